The number of rotatable bonds is 4. The van der Waals surface area contributed by atoms with Crippen molar-refractivity contribution in [3.05, 3.63) is 110 Å². The minimum absolute atomic E-state index is 0.000387. The minimum Gasteiger partial charge on any atom is -0.507 e. The van der Waals surface area contributed by atoms with Crippen LogP contribution in [0.2, 0.25) is 5.02 Å². The number of aliphatic hydroxyl groups is 1. The summed E-state index contributed by atoms with van der Waals surface area (Å²) in [6.07, 6.45) is 0. The van der Waals surface area contributed by atoms with Crippen molar-refractivity contribution >= 4 is 40.4 Å². The molecule has 7 nitrogen and oxygen atoms in total. The molecule has 1 aliphatic rings. The molecule has 160 valence electrons. The number of benzene rings is 3. The highest BCUT2D eigenvalue weighted by Crippen LogP contribution is 2.42. The van der Waals surface area contributed by atoms with Crippen LogP contribution >= 0.6 is 11.6 Å². The Labute approximate surface area is 186 Å². The van der Waals surface area contributed by atoms with Crippen LogP contribution in [-0.4, -0.2) is 21.7 Å². The summed E-state index contributed by atoms with van der Waals surface area (Å²) in [7, 11) is 0. The zero-order chi connectivity index (χ0) is 23.0. The first-order valence-corrected chi connectivity index (χ1v) is 9.72. The predicted molar refractivity (Wildman–Crippen MR) is 116 cm³/mol. The Kier molecular flexibility index (Phi) is 5.46. The van der Waals surface area contributed by atoms with Crippen molar-refractivity contribution < 1.29 is 24.0 Å². The zero-order valence-electron chi connectivity index (χ0n) is 16.2. The minimum atomic E-state index is -1.09. The Morgan fingerprint density at radius 2 is 1.69 bits per heavy atom. The van der Waals surface area contributed by atoms with Gasteiger partial charge in [0.25, 0.3) is 17.4 Å². The number of ketones is 1. The summed E-state index contributed by atoms with van der Waals surface area (Å²) in [6.45, 7) is 0. The fraction of sp³-hybridized carbons (Fsp3) is 0.0435. The highest BCUT2D eigenvalue weighted by molar-refractivity contribution is 6.51. The highest BCUT2D eigenvalue weighted by Gasteiger charge is 2.47. The van der Waals surface area contributed by atoms with E-state index in [0.29, 0.717) is 16.3 Å². The van der Waals surface area contributed by atoms with Crippen molar-refractivity contribution in [3.8, 4) is 0 Å². The first-order chi connectivity index (χ1) is 15.3. The van der Waals surface area contributed by atoms with Gasteiger partial charge < -0.3 is 5.11 Å². The fourth-order valence-electron chi connectivity index (χ4n) is 3.58. The summed E-state index contributed by atoms with van der Waals surface area (Å²) in [4.78, 5) is 37.6. The molecule has 9 heteroatoms. The number of nitro groups is 1. The van der Waals surface area contributed by atoms with E-state index >= 15 is 0 Å². The van der Waals surface area contributed by atoms with E-state index in [9.17, 15) is 29.2 Å². The Hall–Kier alpha value is -4.04. The zero-order valence-corrected chi connectivity index (χ0v) is 17.0. The largest absolute Gasteiger partial charge is 0.507 e. The topological polar surface area (TPSA) is 101 Å². The average molecular weight is 453 g/mol. The first kappa shape index (κ1) is 21.2. The van der Waals surface area contributed by atoms with Crippen LogP contribution in [0.5, 0.6) is 0 Å². The molecule has 1 aliphatic heterocycles. The SMILES string of the molecule is O=C1C(=O)N(c2ccc(Cl)cc2)C(c2ccc(F)cc2)/C1=C(/O)c1cccc([N+](=O)[O-])c1. The van der Waals surface area contributed by atoms with Gasteiger partial charge >= 0.3 is 0 Å². The molecule has 3 aromatic rings. The number of non-ortho nitro benzene ring substituents is 1. The number of anilines is 1. The van der Waals surface area contributed by atoms with Gasteiger partial charge in [0.1, 0.15) is 11.6 Å². The lowest BCUT2D eigenvalue weighted by molar-refractivity contribution is -0.384. The lowest BCUT2D eigenvalue weighted by Crippen LogP contribution is -2.29. The molecule has 0 aromatic heterocycles. The summed E-state index contributed by atoms with van der Waals surface area (Å²) in [5, 5.41) is 22.5. The number of carbonyl (C=O) groups excluding carboxylic acids is 2. The van der Waals surface area contributed by atoms with Crippen molar-refractivity contribution in [2.45, 2.75) is 6.04 Å². The molecular formula is C23H14ClFN2O5. The number of carbonyl (C=O) groups is 2. The lowest BCUT2D eigenvalue weighted by Gasteiger charge is -2.25. The van der Waals surface area contributed by atoms with Gasteiger partial charge in [-0.3, -0.25) is 24.6 Å². The van der Waals surface area contributed by atoms with Gasteiger partial charge in [0, 0.05) is 28.4 Å². The van der Waals surface area contributed by atoms with E-state index in [1.807, 2.05) is 0 Å². The maximum atomic E-state index is 13.5. The highest BCUT2D eigenvalue weighted by atomic mass is 35.5. The molecule has 4 rings (SSSR count). The van der Waals surface area contributed by atoms with Crippen molar-refractivity contribution in [1.29, 1.82) is 0 Å². The summed E-state index contributed by atoms with van der Waals surface area (Å²) in [5.74, 6) is -2.97. The first-order valence-electron chi connectivity index (χ1n) is 9.35. The van der Waals surface area contributed by atoms with Gasteiger partial charge in [0.15, 0.2) is 0 Å². The van der Waals surface area contributed by atoms with Gasteiger partial charge in [0.05, 0.1) is 16.5 Å². The van der Waals surface area contributed by atoms with Crippen molar-refractivity contribution in [1.82, 2.24) is 0 Å². The van der Waals surface area contributed by atoms with Gasteiger partial charge in [0.2, 0.25) is 0 Å². The fourth-order valence-corrected chi connectivity index (χ4v) is 3.71. The molecule has 32 heavy (non-hydrogen) atoms. The van der Waals surface area contributed by atoms with E-state index in [2.05, 4.69) is 0 Å². The molecule has 1 atom stereocenters. The van der Waals surface area contributed by atoms with Gasteiger partial charge in [-0.15, -0.1) is 0 Å². The number of hydrogen-bond donors (Lipinski definition) is 1. The molecule has 1 fully saturated rings. The molecule has 0 bridgehead atoms. The molecule has 0 saturated carbocycles. The molecule has 3 aromatic carbocycles. The number of Topliss-reactive ketones (excluding diaryl/α,β-unsaturated/α-hetero) is 1. The standard InChI is InChI=1S/C23H14ClFN2O5/c24-15-6-10-17(11-7-15)26-20(13-4-8-16(25)9-5-13)19(22(29)23(26)30)21(28)14-2-1-3-18(12-14)27(31)32/h1-12,20,28H/b21-19-. The number of nitro benzene ring substituents is 1. The number of halogens is 2. The Bertz CT molecular complexity index is 1270. The molecule has 1 unspecified atom stereocenters. The van der Waals surface area contributed by atoms with E-state index in [0.717, 1.165) is 6.07 Å². The van der Waals surface area contributed by atoms with Gasteiger partial charge in [-0.05, 0) is 42.0 Å². The number of amides is 1. The molecule has 0 radical (unpaired) electrons. The molecule has 1 saturated heterocycles. The summed E-state index contributed by atoms with van der Waals surface area (Å²) < 4.78 is 13.5. The van der Waals surface area contributed by atoms with Crippen LogP contribution in [0.4, 0.5) is 15.8 Å². The van der Waals surface area contributed by atoms with E-state index in [1.165, 1.54) is 59.5 Å². The summed E-state index contributed by atoms with van der Waals surface area (Å²) in [5.41, 5.74) is 0.147. The van der Waals surface area contributed by atoms with E-state index in [-0.39, 0.29) is 16.8 Å². The smallest absolute Gasteiger partial charge is 0.300 e. The molecule has 1 heterocycles. The lowest BCUT2D eigenvalue weighted by atomic mass is 9.95. The monoisotopic (exact) mass is 452 g/mol. The summed E-state index contributed by atoms with van der Waals surface area (Å²) in [6, 6.07) is 15.3. The van der Waals surface area contributed by atoms with Gasteiger partial charge in [-0.1, -0.05) is 35.9 Å². The maximum absolute atomic E-state index is 13.5. The molecular weight excluding hydrogens is 439 g/mol. The second-order valence-corrected chi connectivity index (χ2v) is 7.44. The number of hydrogen-bond acceptors (Lipinski definition) is 5. The van der Waals surface area contributed by atoms with Gasteiger partial charge in [-0.2, -0.15) is 0 Å². The Balaban J connectivity index is 1.94. The third-order valence-electron chi connectivity index (χ3n) is 5.07. The van der Waals surface area contributed by atoms with E-state index < -0.39 is 34.2 Å². The summed E-state index contributed by atoms with van der Waals surface area (Å²) >= 11 is 5.94. The van der Waals surface area contributed by atoms with Crippen LogP contribution in [0.15, 0.2) is 78.4 Å². The van der Waals surface area contributed by atoms with Crippen molar-refractivity contribution in [3.63, 3.8) is 0 Å². The molecule has 0 spiro atoms. The third kappa shape index (κ3) is 3.72. The van der Waals surface area contributed by atoms with Crippen LogP contribution < -0.4 is 4.90 Å². The Morgan fingerprint density at radius 1 is 1.03 bits per heavy atom. The van der Waals surface area contributed by atoms with Crippen LogP contribution in [0.1, 0.15) is 17.2 Å². The van der Waals surface area contributed by atoms with Crippen LogP contribution in [0, 0.1) is 15.9 Å². The van der Waals surface area contributed by atoms with Crippen LogP contribution in [0.3, 0.4) is 0 Å². The second-order valence-electron chi connectivity index (χ2n) is 7.00. The molecule has 1 amide bonds. The Morgan fingerprint density at radius 3 is 2.31 bits per heavy atom. The third-order valence-corrected chi connectivity index (χ3v) is 5.32. The van der Waals surface area contributed by atoms with Crippen molar-refractivity contribution in [2.75, 3.05) is 4.90 Å². The van der Waals surface area contributed by atoms with Crippen LogP contribution in [0.25, 0.3) is 5.76 Å². The number of nitrogens with zero attached hydrogens (tertiary/aromatic N) is 2. The van der Waals surface area contributed by atoms with E-state index in [1.54, 1.807) is 12.1 Å². The normalized spacial score (nSPS) is 17.6. The van der Waals surface area contributed by atoms with Crippen molar-refractivity contribution in [2.24, 2.45) is 0 Å². The predicted octanol–water partition coefficient (Wildman–Crippen LogP) is 5.01. The number of aliphatic hydroxyl groups excluding tert-OH is 1. The average Bonchev–Trinajstić information content (AvgIpc) is 3.05. The molecule has 0 aliphatic carbocycles. The van der Waals surface area contributed by atoms with Crippen LogP contribution in [-0.2, 0) is 9.59 Å². The van der Waals surface area contributed by atoms with E-state index in [4.69, 9.17) is 11.6 Å². The quantitative estimate of drug-likeness (QED) is 0.197. The second kappa shape index (κ2) is 8.24. The molecule has 1 N–H and O–H groups in total. The van der Waals surface area contributed by atoms with Gasteiger partial charge in [-0.25, -0.2) is 4.39 Å². The maximum Gasteiger partial charge on any atom is 0.300 e.